The van der Waals surface area contributed by atoms with E-state index in [1.165, 1.54) is 36.0 Å². The normalized spacial score (nSPS) is 11.0. The number of benzene rings is 6. The predicted octanol–water partition coefficient (Wildman–Crippen LogP) is 13.5. The molecule has 0 saturated carbocycles. The van der Waals surface area contributed by atoms with Crippen molar-refractivity contribution < 1.29 is 17.6 Å². The van der Waals surface area contributed by atoms with Crippen LogP contribution in [0.2, 0.25) is 0 Å². The van der Waals surface area contributed by atoms with E-state index in [2.05, 4.69) is 0 Å². The van der Waals surface area contributed by atoms with Crippen molar-refractivity contribution in [2.75, 3.05) is 9.80 Å². The van der Waals surface area contributed by atoms with Crippen LogP contribution in [0, 0.1) is 23.3 Å². The van der Waals surface area contributed by atoms with Crippen molar-refractivity contribution in [1.82, 2.24) is 9.97 Å². The topological polar surface area (TPSA) is 32.3 Å². The summed E-state index contributed by atoms with van der Waals surface area (Å²) in [5, 5.41) is 0.878. The van der Waals surface area contributed by atoms with E-state index >= 15 is 8.78 Å². The van der Waals surface area contributed by atoms with E-state index in [0.29, 0.717) is 21.4 Å². The van der Waals surface area contributed by atoms with E-state index in [9.17, 15) is 8.78 Å². The standard InChI is InChI=1S/C46H30F4N4S/c47-31-21-23-39(41(49)25-31)43-27-37(53(33-13-5-1-6-14-33)34-15-7-2-8-16-34)29-45(51-43)55-46-30-38(28-44(52-46)40-24-22-32(48)26-42(40)50)54(35-17-9-3-10-18-35)36-19-11-4-12-20-36/h1-30H. The summed E-state index contributed by atoms with van der Waals surface area (Å²) >= 11 is 1.20. The largest absolute Gasteiger partial charge is 0.310 e. The molecule has 0 bridgehead atoms. The van der Waals surface area contributed by atoms with E-state index in [0.717, 1.165) is 34.9 Å². The van der Waals surface area contributed by atoms with Crippen LogP contribution in [0.4, 0.5) is 51.7 Å². The molecule has 55 heavy (non-hydrogen) atoms. The van der Waals surface area contributed by atoms with Gasteiger partial charge in [0.2, 0.25) is 0 Å². The van der Waals surface area contributed by atoms with Crippen LogP contribution in [-0.2, 0) is 0 Å². The van der Waals surface area contributed by atoms with Gasteiger partial charge in [0.05, 0.1) is 22.8 Å². The highest BCUT2D eigenvalue weighted by atomic mass is 32.2. The minimum absolute atomic E-state index is 0.112. The first-order valence-electron chi connectivity index (χ1n) is 17.3. The fourth-order valence-corrected chi connectivity index (χ4v) is 7.19. The molecule has 0 aliphatic heterocycles. The molecule has 0 aliphatic carbocycles. The van der Waals surface area contributed by atoms with Gasteiger partial charge in [0.25, 0.3) is 0 Å². The molecule has 0 radical (unpaired) electrons. The molecule has 0 unspecified atom stereocenters. The monoisotopic (exact) mass is 746 g/mol. The van der Waals surface area contributed by atoms with E-state index in [4.69, 9.17) is 9.97 Å². The molecule has 2 aromatic heterocycles. The van der Waals surface area contributed by atoms with Crippen LogP contribution in [-0.4, -0.2) is 9.97 Å². The second-order valence-corrected chi connectivity index (χ2v) is 13.5. The molecule has 0 N–H and O–H groups in total. The number of hydrogen-bond donors (Lipinski definition) is 0. The summed E-state index contributed by atoms with van der Waals surface area (Å²) in [6.07, 6.45) is 0. The maximum absolute atomic E-state index is 15.5. The Labute approximate surface area is 320 Å². The quantitative estimate of drug-likeness (QED) is 0.130. The van der Waals surface area contributed by atoms with Crippen molar-refractivity contribution in [3.05, 3.63) is 205 Å². The lowest BCUT2D eigenvalue weighted by atomic mass is 10.1. The molecule has 0 fully saturated rings. The van der Waals surface area contributed by atoms with Crippen molar-refractivity contribution in [2.45, 2.75) is 10.1 Å². The molecule has 4 nitrogen and oxygen atoms in total. The van der Waals surface area contributed by atoms with Crippen LogP contribution in [0.3, 0.4) is 0 Å². The number of anilines is 6. The third kappa shape index (κ3) is 7.83. The molecule has 0 amide bonds. The van der Waals surface area contributed by atoms with Crippen LogP contribution in [0.5, 0.6) is 0 Å². The number of halogens is 4. The molecule has 0 atom stereocenters. The molecule has 9 heteroatoms. The van der Waals surface area contributed by atoms with Gasteiger partial charge in [0, 0.05) is 46.0 Å². The Morgan fingerprint density at radius 2 is 0.673 bits per heavy atom. The summed E-state index contributed by atoms with van der Waals surface area (Å²) in [6, 6.07) is 52.9. The fourth-order valence-electron chi connectivity index (χ4n) is 6.33. The van der Waals surface area contributed by atoms with Gasteiger partial charge in [0.1, 0.15) is 33.3 Å². The summed E-state index contributed by atoms with van der Waals surface area (Å²) in [4.78, 5) is 13.8. The van der Waals surface area contributed by atoms with Gasteiger partial charge in [-0.05, 0) is 109 Å². The van der Waals surface area contributed by atoms with Crippen LogP contribution in [0.25, 0.3) is 22.5 Å². The molecular weight excluding hydrogens is 717 g/mol. The van der Waals surface area contributed by atoms with Crippen LogP contribution in [0.1, 0.15) is 0 Å². The first-order valence-corrected chi connectivity index (χ1v) is 18.1. The highest BCUT2D eigenvalue weighted by molar-refractivity contribution is 7.99. The average Bonchev–Trinajstić information content (AvgIpc) is 3.20. The summed E-state index contributed by atoms with van der Waals surface area (Å²) < 4.78 is 59.2. The van der Waals surface area contributed by atoms with Gasteiger partial charge >= 0.3 is 0 Å². The molecule has 8 aromatic rings. The summed E-state index contributed by atoms with van der Waals surface area (Å²) in [6.45, 7) is 0. The van der Waals surface area contributed by atoms with Crippen LogP contribution in [0.15, 0.2) is 192 Å². The maximum Gasteiger partial charge on any atom is 0.135 e. The molecule has 8 rings (SSSR count). The van der Waals surface area contributed by atoms with E-state index < -0.39 is 23.3 Å². The van der Waals surface area contributed by atoms with Gasteiger partial charge in [-0.15, -0.1) is 0 Å². The lowest BCUT2D eigenvalue weighted by Gasteiger charge is -2.27. The zero-order valence-corrected chi connectivity index (χ0v) is 29.8. The number of nitrogens with zero attached hydrogens (tertiary/aromatic N) is 4. The lowest BCUT2D eigenvalue weighted by molar-refractivity contribution is 0.584. The first-order chi connectivity index (χ1) is 26.9. The van der Waals surface area contributed by atoms with Crippen LogP contribution >= 0.6 is 11.8 Å². The minimum atomic E-state index is -0.762. The Morgan fingerprint density at radius 1 is 0.345 bits per heavy atom. The number of aromatic nitrogens is 2. The lowest BCUT2D eigenvalue weighted by Crippen LogP contribution is -2.11. The molecule has 0 aliphatic rings. The molecular formula is C46H30F4N4S. The van der Waals surface area contributed by atoms with E-state index in [-0.39, 0.29) is 22.5 Å². The molecule has 2 heterocycles. The summed E-state index contributed by atoms with van der Waals surface area (Å²) in [7, 11) is 0. The molecule has 268 valence electrons. The molecule has 6 aromatic carbocycles. The van der Waals surface area contributed by atoms with Crippen molar-refractivity contribution in [3.8, 4) is 22.5 Å². The zero-order valence-electron chi connectivity index (χ0n) is 29.0. The van der Waals surface area contributed by atoms with E-state index in [1.54, 1.807) is 12.1 Å². The van der Waals surface area contributed by atoms with Gasteiger partial charge in [0.15, 0.2) is 0 Å². The Morgan fingerprint density at radius 3 is 0.982 bits per heavy atom. The van der Waals surface area contributed by atoms with Crippen LogP contribution < -0.4 is 9.80 Å². The van der Waals surface area contributed by atoms with Gasteiger partial charge in [-0.2, -0.15) is 0 Å². The van der Waals surface area contributed by atoms with Crippen molar-refractivity contribution >= 4 is 45.9 Å². The van der Waals surface area contributed by atoms with E-state index in [1.807, 2.05) is 143 Å². The number of para-hydroxylation sites is 4. The number of rotatable bonds is 10. The van der Waals surface area contributed by atoms with Crippen molar-refractivity contribution in [2.24, 2.45) is 0 Å². The second kappa shape index (κ2) is 15.7. The SMILES string of the molecule is Fc1ccc(-c2cc(N(c3ccccc3)c3ccccc3)cc(Sc3cc(N(c4ccccc4)c4ccccc4)cc(-c4ccc(F)cc4F)n3)n2)c(F)c1. The highest BCUT2D eigenvalue weighted by Gasteiger charge is 2.21. The Kier molecular flexibility index (Phi) is 10.1. The highest BCUT2D eigenvalue weighted by Crippen LogP contribution is 2.42. The number of pyridine rings is 2. The third-order valence-electron chi connectivity index (χ3n) is 8.77. The van der Waals surface area contributed by atoms with Crippen molar-refractivity contribution in [3.63, 3.8) is 0 Å². The Balaban J connectivity index is 1.33. The average molecular weight is 747 g/mol. The van der Waals surface area contributed by atoms with Gasteiger partial charge in [-0.25, -0.2) is 27.5 Å². The summed E-state index contributed by atoms with van der Waals surface area (Å²) in [5.41, 5.74) is 5.45. The Bertz CT molecular complexity index is 2320. The maximum atomic E-state index is 15.5. The summed E-state index contributed by atoms with van der Waals surface area (Å²) in [5.74, 6) is -2.93. The Hall–Kier alpha value is -6.71. The minimum Gasteiger partial charge on any atom is -0.310 e. The zero-order chi connectivity index (χ0) is 37.7. The fraction of sp³-hybridized carbons (Fsp3) is 0. The first kappa shape index (κ1) is 35.3. The third-order valence-corrected chi connectivity index (χ3v) is 9.61. The van der Waals surface area contributed by atoms with Gasteiger partial charge in [-0.1, -0.05) is 72.8 Å². The smallest absolute Gasteiger partial charge is 0.135 e. The van der Waals surface area contributed by atoms with Gasteiger partial charge < -0.3 is 9.80 Å². The molecule has 0 spiro atoms. The number of hydrogen-bond acceptors (Lipinski definition) is 5. The molecule has 0 saturated heterocycles. The van der Waals surface area contributed by atoms with Crippen molar-refractivity contribution in [1.29, 1.82) is 0 Å². The van der Waals surface area contributed by atoms with Gasteiger partial charge in [-0.3, -0.25) is 0 Å². The second-order valence-electron chi connectivity index (χ2n) is 12.5. The predicted molar refractivity (Wildman–Crippen MR) is 213 cm³/mol.